The van der Waals surface area contributed by atoms with Crippen LogP contribution in [0.4, 0.5) is 5.82 Å². The number of hydrogen-bond acceptors (Lipinski definition) is 6. The molecule has 28 heavy (non-hydrogen) atoms. The first-order chi connectivity index (χ1) is 13.6. The number of piperazine rings is 1. The summed E-state index contributed by atoms with van der Waals surface area (Å²) in [5.74, 6) is 3.37. The fraction of sp³-hybridized carbons (Fsp3) is 0.762. The van der Waals surface area contributed by atoms with Crippen molar-refractivity contribution in [1.82, 2.24) is 29.6 Å². The third-order valence-corrected chi connectivity index (χ3v) is 7.10. The molecule has 2 aromatic heterocycles. The van der Waals surface area contributed by atoms with Gasteiger partial charge >= 0.3 is 0 Å². The maximum absolute atomic E-state index is 4.92. The van der Waals surface area contributed by atoms with Crippen LogP contribution < -0.4 is 4.90 Å². The van der Waals surface area contributed by atoms with Crippen molar-refractivity contribution in [2.75, 3.05) is 44.2 Å². The molecular weight excluding hydrogens is 350 g/mol. The van der Waals surface area contributed by atoms with Crippen molar-refractivity contribution in [3.8, 4) is 0 Å². The van der Waals surface area contributed by atoms with Crippen LogP contribution in [0.15, 0.2) is 12.1 Å². The minimum absolute atomic E-state index is 0.535. The van der Waals surface area contributed by atoms with Crippen molar-refractivity contribution in [2.24, 2.45) is 5.92 Å². The first-order valence-electron chi connectivity index (χ1n) is 11.1. The van der Waals surface area contributed by atoms with Gasteiger partial charge in [-0.25, -0.2) is 0 Å². The molecule has 2 unspecified atom stereocenters. The molecule has 7 nitrogen and oxygen atoms in total. The Morgan fingerprint density at radius 3 is 2.32 bits per heavy atom. The van der Waals surface area contributed by atoms with Crippen molar-refractivity contribution in [3.63, 3.8) is 0 Å². The summed E-state index contributed by atoms with van der Waals surface area (Å²) in [5.41, 5.74) is 0.871. The lowest BCUT2D eigenvalue weighted by Crippen LogP contribution is -2.54. The Morgan fingerprint density at radius 1 is 0.964 bits per heavy atom. The van der Waals surface area contributed by atoms with Crippen LogP contribution in [0.1, 0.15) is 51.8 Å². The minimum Gasteiger partial charge on any atom is -0.355 e. The summed E-state index contributed by atoms with van der Waals surface area (Å²) in [6, 6.07) is 5.59. The average molecular weight is 384 g/mol. The summed E-state index contributed by atoms with van der Waals surface area (Å²) in [6.45, 7) is 13.9. The molecule has 7 heteroatoms. The summed E-state index contributed by atoms with van der Waals surface area (Å²) in [4.78, 5) is 7.77. The van der Waals surface area contributed by atoms with Crippen LogP contribution in [-0.2, 0) is 0 Å². The highest BCUT2D eigenvalue weighted by atomic mass is 15.4. The van der Waals surface area contributed by atoms with Gasteiger partial charge in [-0.2, -0.15) is 4.52 Å². The van der Waals surface area contributed by atoms with Crippen LogP contribution in [0.2, 0.25) is 0 Å². The Kier molecular flexibility index (Phi) is 4.75. The van der Waals surface area contributed by atoms with E-state index in [1.807, 2.05) is 4.52 Å². The molecule has 3 fully saturated rings. The second kappa shape index (κ2) is 7.26. The van der Waals surface area contributed by atoms with Gasteiger partial charge in [0.1, 0.15) is 5.82 Å². The topological polar surface area (TPSA) is 52.8 Å². The summed E-state index contributed by atoms with van der Waals surface area (Å²) in [7, 11) is 0. The van der Waals surface area contributed by atoms with E-state index < -0.39 is 0 Å². The zero-order chi connectivity index (χ0) is 19.3. The van der Waals surface area contributed by atoms with Gasteiger partial charge in [0.05, 0.1) is 0 Å². The molecule has 5 rings (SSSR count). The van der Waals surface area contributed by atoms with Gasteiger partial charge in [-0.05, 0) is 51.2 Å². The van der Waals surface area contributed by atoms with Crippen LogP contribution >= 0.6 is 0 Å². The Balaban J connectivity index is 1.22. The van der Waals surface area contributed by atoms with E-state index in [4.69, 9.17) is 5.10 Å². The first-order valence-corrected chi connectivity index (χ1v) is 11.1. The van der Waals surface area contributed by atoms with E-state index in [9.17, 15) is 0 Å². The molecule has 2 atom stereocenters. The van der Waals surface area contributed by atoms with Gasteiger partial charge in [0.2, 0.25) is 0 Å². The van der Waals surface area contributed by atoms with Gasteiger partial charge < -0.3 is 4.90 Å². The molecule has 0 amide bonds. The summed E-state index contributed by atoms with van der Waals surface area (Å²) in [5, 5.41) is 13.6. The summed E-state index contributed by atoms with van der Waals surface area (Å²) in [6.07, 6.45) is 3.67. The molecule has 2 aromatic rings. The van der Waals surface area contributed by atoms with Gasteiger partial charge in [0, 0.05) is 57.3 Å². The fourth-order valence-corrected chi connectivity index (χ4v) is 4.96. The molecule has 0 N–H and O–H groups in total. The van der Waals surface area contributed by atoms with Crippen LogP contribution in [0.3, 0.4) is 0 Å². The predicted molar refractivity (Wildman–Crippen MR) is 111 cm³/mol. The Hall–Kier alpha value is -1.73. The number of hydrogen-bond donors (Lipinski definition) is 0. The second-order valence-corrected chi connectivity index (χ2v) is 9.22. The maximum Gasteiger partial charge on any atom is 0.178 e. The predicted octanol–water partition coefficient (Wildman–Crippen LogP) is 2.24. The molecule has 3 aliphatic rings. The highest BCUT2D eigenvalue weighted by molar-refractivity contribution is 5.46. The zero-order valence-electron chi connectivity index (χ0n) is 17.5. The van der Waals surface area contributed by atoms with Gasteiger partial charge in [0.25, 0.3) is 0 Å². The number of anilines is 1. The van der Waals surface area contributed by atoms with Gasteiger partial charge in [-0.1, -0.05) is 6.92 Å². The minimum atomic E-state index is 0.535. The zero-order valence-corrected chi connectivity index (χ0v) is 17.5. The molecule has 0 aromatic carbocycles. The SMILES string of the molecule is CC1CC1c1nnc2ccc(N3CCC(N4CCN(C(C)C)CC4)CC3)nn12. The fourth-order valence-electron chi connectivity index (χ4n) is 4.96. The first kappa shape index (κ1) is 18.3. The number of piperidine rings is 1. The lowest BCUT2D eigenvalue weighted by molar-refractivity contribution is 0.0692. The largest absolute Gasteiger partial charge is 0.355 e. The lowest BCUT2D eigenvalue weighted by Gasteiger charge is -2.43. The Morgan fingerprint density at radius 2 is 1.68 bits per heavy atom. The molecule has 0 bridgehead atoms. The third-order valence-electron chi connectivity index (χ3n) is 7.10. The smallest absolute Gasteiger partial charge is 0.178 e. The van der Waals surface area contributed by atoms with Crippen LogP contribution in [0.25, 0.3) is 5.65 Å². The van der Waals surface area contributed by atoms with E-state index >= 15 is 0 Å². The Labute approximate surface area is 167 Å². The number of nitrogens with zero attached hydrogens (tertiary/aromatic N) is 7. The highest BCUT2D eigenvalue weighted by Gasteiger charge is 2.38. The summed E-state index contributed by atoms with van der Waals surface area (Å²) < 4.78 is 1.99. The van der Waals surface area contributed by atoms with E-state index in [1.54, 1.807) is 0 Å². The summed E-state index contributed by atoms with van der Waals surface area (Å²) >= 11 is 0. The molecule has 4 heterocycles. The highest BCUT2D eigenvalue weighted by Crippen LogP contribution is 2.45. The quantitative estimate of drug-likeness (QED) is 0.807. The maximum atomic E-state index is 4.92. The van der Waals surface area contributed by atoms with Crippen molar-refractivity contribution in [3.05, 3.63) is 18.0 Å². The molecule has 1 saturated carbocycles. The number of fused-ring (bicyclic) bond motifs is 1. The second-order valence-electron chi connectivity index (χ2n) is 9.22. The third kappa shape index (κ3) is 3.39. The van der Waals surface area contributed by atoms with Crippen molar-refractivity contribution in [2.45, 2.75) is 58.0 Å². The molecule has 0 spiro atoms. The average Bonchev–Trinajstić information content (AvgIpc) is 3.30. The molecule has 2 saturated heterocycles. The van der Waals surface area contributed by atoms with Gasteiger partial charge in [0.15, 0.2) is 11.5 Å². The van der Waals surface area contributed by atoms with Crippen LogP contribution in [0, 0.1) is 5.92 Å². The van der Waals surface area contributed by atoms with Gasteiger partial charge in [-0.15, -0.1) is 15.3 Å². The lowest BCUT2D eigenvalue weighted by atomic mass is 10.0. The molecule has 1 aliphatic carbocycles. The van der Waals surface area contributed by atoms with E-state index in [0.717, 1.165) is 36.4 Å². The van der Waals surface area contributed by atoms with E-state index in [1.165, 1.54) is 45.4 Å². The normalized spacial score (nSPS) is 27.8. The van der Waals surface area contributed by atoms with Crippen molar-refractivity contribution >= 4 is 11.5 Å². The van der Waals surface area contributed by atoms with Crippen molar-refractivity contribution in [1.29, 1.82) is 0 Å². The van der Waals surface area contributed by atoms with Crippen LogP contribution in [0.5, 0.6) is 0 Å². The van der Waals surface area contributed by atoms with Crippen molar-refractivity contribution < 1.29 is 0 Å². The van der Waals surface area contributed by atoms with E-state index in [0.29, 0.717) is 17.9 Å². The standard InChI is InChI=1S/C21H33N7/c1-15(2)25-10-12-26(13-11-25)17-6-8-27(9-7-17)20-5-4-19-22-23-21(28(19)24-20)18-14-16(18)3/h4-5,15-18H,6-14H2,1-3H3. The van der Waals surface area contributed by atoms with Crippen LogP contribution in [-0.4, -0.2) is 81.0 Å². The molecule has 0 radical (unpaired) electrons. The molecule has 152 valence electrons. The number of rotatable bonds is 4. The van der Waals surface area contributed by atoms with Gasteiger partial charge in [-0.3, -0.25) is 9.80 Å². The van der Waals surface area contributed by atoms with E-state index in [-0.39, 0.29) is 0 Å². The monoisotopic (exact) mass is 383 g/mol. The molecule has 2 aliphatic heterocycles. The van der Waals surface area contributed by atoms with E-state index in [2.05, 4.69) is 57.8 Å². The Bertz CT molecular complexity index is 815. The number of aromatic nitrogens is 4. The molecular formula is C21H33N7.